The van der Waals surface area contributed by atoms with Gasteiger partial charge in [-0.25, -0.2) is 11.7 Å². The second-order valence-electron chi connectivity index (χ2n) is 3.89. The molecule has 7 N–H and O–H groups in total. The van der Waals surface area contributed by atoms with Crippen LogP contribution in [0.5, 0.6) is 0 Å². The molecule has 2 amide bonds. The predicted molar refractivity (Wildman–Crippen MR) is 64.5 cm³/mol. The largest absolute Gasteiger partial charge is 0.391 e. The highest BCUT2D eigenvalue weighted by molar-refractivity contribution is 5.99. The number of carbonyl (C=O) groups is 2. The van der Waals surface area contributed by atoms with Crippen molar-refractivity contribution >= 4 is 11.8 Å². The molecule has 0 heterocycles. The topological polar surface area (TPSA) is 140 Å². The van der Waals surface area contributed by atoms with Crippen molar-refractivity contribution in [2.24, 2.45) is 17.6 Å². The molecular weight excluding hydrogens is 240 g/mol. The van der Waals surface area contributed by atoms with Gasteiger partial charge in [0, 0.05) is 6.61 Å². The van der Waals surface area contributed by atoms with E-state index < -0.39 is 23.8 Å². The fourth-order valence-electron chi connectivity index (χ4n) is 1.34. The van der Waals surface area contributed by atoms with Crippen molar-refractivity contribution in [1.29, 1.82) is 0 Å². The molecule has 0 aromatic carbocycles. The van der Waals surface area contributed by atoms with Gasteiger partial charge in [0.2, 0.25) is 11.8 Å². The number of nitrogens with two attached hydrogens (primary N) is 2. The lowest BCUT2D eigenvalue weighted by Crippen LogP contribution is -2.47. The molecule has 0 bridgehead atoms. The molecule has 0 aromatic heterocycles. The van der Waals surface area contributed by atoms with Gasteiger partial charge in [-0.15, -0.1) is 0 Å². The standard InChI is InChI=1S/C10H22N4O4/c1-2-3-4-18-6-7(15)5-8(9(16)13-11)10(17)14-12/h7-8,15H,2-6,11-12H2,1H3,(H,13,16)(H,14,17)/t7-/m0/s1. The van der Waals surface area contributed by atoms with E-state index in [1.807, 2.05) is 17.8 Å². The Bertz CT molecular complexity index is 246. The van der Waals surface area contributed by atoms with Crippen molar-refractivity contribution in [3.05, 3.63) is 0 Å². The Morgan fingerprint density at radius 1 is 1.28 bits per heavy atom. The maximum Gasteiger partial charge on any atom is 0.246 e. The summed E-state index contributed by atoms with van der Waals surface area (Å²) in [6.45, 7) is 2.61. The molecule has 106 valence electrons. The van der Waals surface area contributed by atoms with E-state index >= 15 is 0 Å². The van der Waals surface area contributed by atoms with Gasteiger partial charge >= 0.3 is 0 Å². The van der Waals surface area contributed by atoms with Crippen molar-refractivity contribution < 1.29 is 19.4 Å². The Balaban J connectivity index is 4.14. The van der Waals surface area contributed by atoms with Gasteiger partial charge in [-0.1, -0.05) is 13.3 Å². The molecule has 8 heteroatoms. The zero-order valence-corrected chi connectivity index (χ0v) is 10.5. The van der Waals surface area contributed by atoms with Crippen LogP contribution in [0, 0.1) is 5.92 Å². The maximum absolute atomic E-state index is 11.3. The first-order chi connectivity index (χ1) is 8.56. The first-order valence-corrected chi connectivity index (χ1v) is 5.83. The number of ether oxygens (including phenoxy) is 1. The van der Waals surface area contributed by atoms with Crippen molar-refractivity contribution in [1.82, 2.24) is 10.9 Å². The molecule has 0 saturated carbocycles. The first kappa shape index (κ1) is 16.8. The molecular formula is C10H22N4O4. The summed E-state index contributed by atoms with van der Waals surface area (Å²) >= 11 is 0. The number of hydrogen-bond acceptors (Lipinski definition) is 6. The van der Waals surface area contributed by atoms with Gasteiger partial charge in [-0.3, -0.25) is 20.4 Å². The van der Waals surface area contributed by atoms with Crippen LogP contribution in [0.1, 0.15) is 26.2 Å². The Morgan fingerprint density at radius 2 is 1.83 bits per heavy atom. The van der Waals surface area contributed by atoms with Gasteiger partial charge in [0.25, 0.3) is 0 Å². The lowest BCUT2D eigenvalue weighted by atomic mass is 10.0. The van der Waals surface area contributed by atoms with E-state index in [0.717, 1.165) is 12.8 Å². The zero-order chi connectivity index (χ0) is 14.0. The van der Waals surface area contributed by atoms with E-state index in [2.05, 4.69) is 0 Å². The summed E-state index contributed by atoms with van der Waals surface area (Å²) in [5.41, 5.74) is 3.71. The highest BCUT2D eigenvalue weighted by Gasteiger charge is 2.28. The Hall–Kier alpha value is -1.22. The van der Waals surface area contributed by atoms with Crippen molar-refractivity contribution in [3.63, 3.8) is 0 Å². The summed E-state index contributed by atoms with van der Waals surface area (Å²) in [6.07, 6.45) is 0.853. The van der Waals surface area contributed by atoms with E-state index in [1.54, 1.807) is 0 Å². The minimum Gasteiger partial charge on any atom is -0.391 e. The first-order valence-electron chi connectivity index (χ1n) is 5.83. The fourth-order valence-corrected chi connectivity index (χ4v) is 1.34. The summed E-state index contributed by atoms with van der Waals surface area (Å²) < 4.78 is 5.19. The third-order valence-corrected chi connectivity index (χ3v) is 2.38. The van der Waals surface area contributed by atoms with Crippen LogP contribution in [0.2, 0.25) is 0 Å². The molecule has 0 fully saturated rings. The van der Waals surface area contributed by atoms with Gasteiger partial charge in [-0.05, 0) is 12.8 Å². The van der Waals surface area contributed by atoms with E-state index in [4.69, 9.17) is 16.4 Å². The monoisotopic (exact) mass is 262 g/mol. The van der Waals surface area contributed by atoms with Gasteiger partial charge in [0.05, 0.1) is 12.7 Å². The fraction of sp³-hybridized carbons (Fsp3) is 0.800. The second-order valence-corrected chi connectivity index (χ2v) is 3.89. The van der Waals surface area contributed by atoms with Crippen LogP contribution in [0.3, 0.4) is 0 Å². The van der Waals surface area contributed by atoms with Gasteiger partial charge < -0.3 is 9.84 Å². The minimum atomic E-state index is -1.13. The van der Waals surface area contributed by atoms with Crippen LogP contribution in [-0.4, -0.2) is 36.2 Å². The van der Waals surface area contributed by atoms with Crippen LogP contribution in [-0.2, 0) is 14.3 Å². The number of nitrogens with one attached hydrogen (secondary N) is 2. The van der Waals surface area contributed by atoms with Crippen molar-refractivity contribution in [2.75, 3.05) is 13.2 Å². The Morgan fingerprint density at radius 3 is 2.28 bits per heavy atom. The molecule has 1 atom stereocenters. The molecule has 18 heavy (non-hydrogen) atoms. The summed E-state index contributed by atoms with van der Waals surface area (Å²) in [7, 11) is 0. The number of unbranched alkanes of at least 4 members (excludes halogenated alkanes) is 1. The molecule has 0 rings (SSSR count). The Labute approximate surface area is 106 Å². The molecule has 0 aliphatic rings. The van der Waals surface area contributed by atoms with E-state index in [1.165, 1.54) is 0 Å². The number of aliphatic hydroxyl groups excluding tert-OH is 1. The summed E-state index contributed by atoms with van der Waals surface area (Å²) in [5.74, 6) is 7.35. The highest BCUT2D eigenvalue weighted by atomic mass is 16.5. The van der Waals surface area contributed by atoms with Crippen molar-refractivity contribution in [3.8, 4) is 0 Å². The molecule has 0 aliphatic carbocycles. The van der Waals surface area contributed by atoms with Crippen LogP contribution in [0.4, 0.5) is 0 Å². The predicted octanol–water partition coefficient (Wildman–Crippen LogP) is -1.85. The number of amides is 2. The highest BCUT2D eigenvalue weighted by Crippen LogP contribution is 2.08. The third-order valence-electron chi connectivity index (χ3n) is 2.38. The molecule has 8 nitrogen and oxygen atoms in total. The molecule has 0 spiro atoms. The summed E-state index contributed by atoms with van der Waals surface area (Å²) in [4.78, 5) is 22.6. The number of carbonyl (C=O) groups excluding carboxylic acids is 2. The zero-order valence-electron chi connectivity index (χ0n) is 10.5. The molecule has 0 radical (unpaired) electrons. The average molecular weight is 262 g/mol. The maximum atomic E-state index is 11.3. The lowest BCUT2D eigenvalue weighted by Gasteiger charge is -2.17. The van der Waals surface area contributed by atoms with E-state index in [0.29, 0.717) is 6.61 Å². The number of hydrazine groups is 2. The quantitative estimate of drug-likeness (QED) is 0.109. The van der Waals surface area contributed by atoms with Crippen LogP contribution < -0.4 is 22.5 Å². The smallest absolute Gasteiger partial charge is 0.246 e. The van der Waals surface area contributed by atoms with Gasteiger partial charge in [-0.2, -0.15) is 0 Å². The SMILES string of the molecule is CCCCOC[C@@H](O)CC(C(=O)NN)C(=O)NN. The summed E-state index contributed by atoms with van der Waals surface area (Å²) in [5, 5.41) is 9.64. The number of rotatable bonds is 9. The van der Waals surface area contributed by atoms with E-state index in [9.17, 15) is 14.7 Å². The normalized spacial score (nSPS) is 12.3. The molecule has 0 saturated heterocycles. The third kappa shape index (κ3) is 6.50. The van der Waals surface area contributed by atoms with Gasteiger partial charge in [0.15, 0.2) is 0 Å². The van der Waals surface area contributed by atoms with Crippen LogP contribution in [0.15, 0.2) is 0 Å². The van der Waals surface area contributed by atoms with Crippen LogP contribution >= 0.6 is 0 Å². The Kier molecular flexibility index (Phi) is 9.11. The van der Waals surface area contributed by atoms with Gasteiger partial charge in [0.1, 0.15) is 5.92 Å². The second kappa shape index (κ2) is 9.77. The van der Waals surface area contributed by atoms with Crippen LogP contribution in [0.25, 0.3) is 0 Å². The molecule has 0 aliphatic heterocycles. The minimum absolute atomic E-state index is 0.0617. The molecule has 0 aromatic rings. The average Bonchev–Trinajstić information content (AvgIpc) is 2.39. The number of hydrogen-bond donors (Lipinski definition) is 5. The number of aliphatic hydroxyl groups is 1. The van der Waals surface area contributed by atoms with E-state index in [-0.39, 0.29) is 13.0 Å². The van der Waals surface area contributed by atoms with Crippen molar-refractivity contribution in [2.45, 2.75) is 32.3 Å². The summed E-state index contributed by atoms with van der Waals surface area (Å²) in [6, 6.07) is 0. The molecule has 0 unspecified atom stereocenters. The lowest BCUT2D eigenvalue weighted by molar-refractivity contribution is -0.137.